The van der Waals surface area contributed by atoms with Crippen LogP contribution in [0.1, 0.15) is 43.2 Å². The standard InChI is InChI=1S/C18H21F5O/c1-2-13-3-5-14(6-4-13)11-17(19,20)24-12-15-7-9-16(10-8-15)18(21,22)23/h2,7-10,13-14H,1,3-6,11-12H2. The number of ether oxygens (including phenoxy) is 1. The molecule has 0 bridgehead atoms. The summed E-state index contributed by atoms with van der Waals surface area (Å²) in [4.78, 5) is 0. The van der Waals surface area contributed by atoms with Crippen LogP contribution in [0.25, 0.3) is 0 Å². The zero-order valence-electron chi connectivity index (χ0n) is 13.3. The monoisotopic (exact) mass is 348 g/mol. The normalized spacial score (nSPS) is 22.4. The zero-order chi connectivity index (χ0) is 17.8. The molecule has 6 heteroatoms. The molecule has 0 amide bonds. The van der Waals surface area contributed by atoms with E-state index in [2.05, 4.69) is 11.3 Å². The minimum Gasteiger partial charge on any atom is -0.316 e. The third-order valence-electron chi connectivity index (χ3n) is 4.48. The van der Waals surface area contributed by atoms with E-state index in [4.69, 9.17) is 0 Å². The van der Waals surface area contributed by atoms with Gasteiger partial charge in [-0.25, -0.2) is 0 Å². The Balaban J connectivity index is 1.83. The molecule has 1 saturated carbocycles. The van der Waals surface area contributed by atoms with E-state index in [1.807, 2.05) is 6.08 Å². The lowest BCUT2D eigenvalue weighted by Gasteiger charge is -2.29. The molecule has 24 heavy (non-hydrogen) atoms. The van der Waals surface area contributed by atoms with E-state index in [0.717, 1.165) is 49.9 Å². The van der Waals surface area contributed by atoms with Gasteiger partial charge in [-0.3, -0.25) is 0 Å². The van der Waals surface area contributed by atoms with E-state index in [1.165, 1.54) is 0 Å². The number of halogens is 5. The molecule has 0 aromatic heterocycles. The molecule has 134 valence electrons. The van der Waals surface area contributed by atoms with Crippen molar-refractivity contribution in [1.82, 2.24) is 0 Å². The summed E-state index contributed by atoms with van der Waals surface area (Å²) >= 11 is 0. The minimum absolute atomic E-state index is 0.0937. The van der Waals surface area contributed by atoms with Crippen LogP contribution < -0.4 is 0 Å². The molecule has 0 spiro atoms. The number of hydrogen-bond donors (Lipinski definition) is 0. The van der Waals surface area contributed by atoms with Crippen molar-refractivity contribution in [2.24, 2.45) is 11.8 Å². The van der Waals surface area contributed by atoms with Gasteiger partial charge in [0.1, 0.15) is 0 Å². The Morgan fingerprint density at radius 2 is 1.58 bits per heavy atom. The van der Waals surface area contributed by atoms with Crippen molar-refractivity contribution >= 4 is 0 Å². The second-order valence-corrected chi connectivity index (χ2v) is 6.34. The van der Waals surface area contributed by atoms with Crippen molar-refractivity contribution in [3.8, 4) is 0 Å². The molecule has 1 aliphatic rings. The van der Waals surface area contributed by atoms with Gasteiger partial charge in [0.05, 0.1) is 12.2 Å². The number of rotatable bonds is 6. The van der Waals surface area contributed by atoms with E-state index in [0.29, 0.717) is 5.92 Å². The van der Waals surface area contributed by atoms with Gasteiger partial charge in [-0.2, -0.15) is 22.0 Å². The Morgan fingerprint density at radius 1 is 1.00 bits per heavy atom. The zero-order valence-corrected chi connectivity index (χ0v) is 13.3. The molecule has 0 atom stereocenters. The average Bonchev–Trinajstić information content (AvgIpc) is 2.53. The molecule has 0 unspecified atom stereocenters. The first-order chi connectivity index (χ1) is 11.2. The molecule has 1 aromatic carbocycles. The summed E-state index contributed by atoms with van der Waals surface area (Å²) in [6, 6.07) is 4.06. The smallest absolute Gasteiger partial charge is 0.316 e. The third-order valence-corrected chi connectivity index (χ3v) is 4.48. The SMILES string of the molecule is C=CC1CCC(CC(F)(F)OCc2ccc(C(F)(F)F)cc2)CC1. The van der Waals surface area contributed by atoms with Crippen molar-refractivity contribution < 1.29 is 26.7 Å². The third kappa shape index (κ3) is 5.58. The first kappa shape index (κ1) is 18.9. The van der Waals surface area contributed by atoms with Crippen LogP contribution in [0.2, 0.25) is 0 Å². The van der Waals surface area contributed by atoms with Crippen LogP contribution in [0.4, 0.5) is 22.0 Å². The highest BCUT2D eigenvalue weighted by Crippen LogP contribution is 2.37. The number of hydrogen-bond acceptors (Lipinski definition) is 1. The maximum atomic E-state index is 13.9. The summed E-state index contributed by atoms with van der Waals surface area (Å²) < 4.78 is 69.9. The topological polar surface area (TPSA) is 9.23 Å². The molecule has 0 N–H and O–H groups in total. The Bertz CT molecular complexity index is 527. The summed E-state index contributed by atoms with van der Waals surface area (Å²) in [5, 5.41) is 0. The second kappa shape index (κ2) is 7.64. The molecule has 0 aliphatic heterocycles. The van der Waals surface area contributed by atoms with E-state index in [9.17, 15) is 22.0 Å². The summed E-state index contributed by atoms with van der Waals surface area (Å²) in [6.45, 7) is 3.32. The fraction of sp³-hybridized carbons (Fsp3) is 0.556. The van der Waals surface area contributed by atoms with Gasteiger partial charge in [-0.05, 0) is 55.2 Å². The van der Waals surface area contributed by atoms with Gasteiger partial charge in [0, 0.05) is 6.42 Å². The van der Waals surface area contributed by atoms with Gasteiger partial charge in [0.15, 0.2) is 0 Å². The molecule has 1 aromatic rings. The minimum atomic E-state index is -4.44. The Morgan fingerprint density at radius 3 is 2.08 bits per heavy atom. The van der Waals surface area contributed by atoms with Crippen LogP contribution in [0.5, 0.6) is 0 Å². The van der Waals surface area contributed by atoms with Gasteiger partial charge >= 0.3 is 12.3 Å². The molecule has 0 saturated heterocycles. The van der Waals surface area contributed by atoms with Gasteiger partial charge in [0.25, 0.3) is 0 Å². The molecule has 1 aliphatic carbocycles. The summed E-state index contributed by atoms with van der Waals surface area (Å²) in [5.41, 5.74) is -0.518. The maximum absolute atomic E-state index is 13.9. The first-order valence-electron chi connectivity index (χ1n) is 8.00. The van der Waals surface area contributed by atoms with E-state index in [1.54, 1.807) is 0 Å². The van der Waals surface area contributed by atoms with Gasteiger partial charge in [-0.15, -0.1) is 6.58 Å². The lowest BCUT2D eigenvalue weighted by atomic mass is 9.80. The molecule has 2 rings (SSSR count). The highest BCUT2D eigenvalue weighted by Gasteiger charge is 2.35. The molecule has 1 nitrogen and oxygen atoms in total. The number of allylic oxidation sites excluding steroid dienone is 1. The predicted molar refractivity (Wildman–Crippen MR) is 81.4 cm³/mol. The Hall–Kier alpha value is -1.43. The van der Waals surface area contributed by atoms with E-state index < -0.39 is 24.5 Å². The fourth-order valence-electron chi connectivity index (χ4n) is 3.00. The van der Waals surface area contributed by atoms with Crippen LogP contribution in [-0.4, -0.2) is 6.11 Å². The van der Waals surface area contributed by atoms with Gasteiger partial charge < -0.3 is 4.74 Å². The maximum Gasteiger partial charge on any atom is 0.416 e. The second-order valence-electron chi connectivity index (χ2n) is 6.34. The fourth-order valence-corrected chi connectivity index (χ4v) is 3.00. The van der Waals surface area contributed by atoms with Crippen LogP contribution >= 0.6 is 0 Å². The molecular formula is C18H21F5O. The van der Waals surface area contributed by atoms with Crippen LogP contribution in [-0.2, 0) is 17.5 Å². The summed E-state index contributed by atoms with van der Waals surface area (Å²) in [5.74, 6) is 0.312. The lowest BCUT2D eigenvalue weighted by molar-refractivity contribution is -0.256. The molecular weight excluding hydrogens is 327 g/mol. The van der Waals surface area contributed by atoms with Crippen LogP contribution in [0.15, 0.2) is 36.9 Å². The summed E-state index contributed by atoms with van der Waals surface area (Å²) in [6.07, 6.45) is -3.02. The number of alkyl halides is 5. The lowest BCUT2D eigenvalue weighted by Crippen LogP contribution is -2.26. The Kier molecular flexibility index (Phi) is 6.01. The van der Waals surface area contributed by atoms with E-state index in [-0.39, 0.29) is 17.9 Å². The Labute approximate surface area is 138 Å². The van der Waals surface area contributed by atoms with Gasteiger partial charge in [0.2, 0.25) is 0 Å². The highest BCUT2D eigenvalue weighted by atomic mass is 19.4. The first-order valence-corrected chi connectivity index (χ1v) is 8.00. The van der Waals surface area contributed by atoms with Crippen LogP contribution in [0.3, 0.4) is 0 Å². The molecule has 1 fully saturated rings. The van der Waals surface area contributed by atoms with Crippen molar-refractivity contribution in [3.63, 3.8) is 0 Å². The molecule has 0 heterocycles. The predicted octanol–water partition coefficient (Wildman–Crippen LogP) is 6.20. The quantitative estimate of drug-likeness (QED) is 0.439. The number of benzene rings is 1. The van der Waals surface area contributed by atoms with Crippen molar-refractivity contribution in [2.45, 2.75) is 51.0 Å². The van der Waals surface area contributed by atoms with Crippen molar-refractivity contribution in [3.05, 3.63) is 48.0 Å². The van der Waals surface area contributed by atoms with Crippen LogP contribution in [0, 0.1) is 11.8 Å². The van der Waals surface area contributed by atoms with Crippen molar-refractivity contribution in [1.29, 1.82) is 0 Å². The molecule has 0 radical (unpaired) electrons. The summed E-state index contributed by atoms with van der Waals surface area (Å²) in [7, 11) is 0. The van der Waals surface area contributed by atoms with Crippen molar-refractivity contribution in [2.75, 3.05) is 0 Å². The average molecular weight is 348 g/mol. The largest absolute Gasteiger partial charge is 0.416 e. The highest BCUT2D eigenvalue weighted by molar-refractivity contribution is 5.24. The van der Waals surface area contributed by atoms with E-state index >= 15 is 0 Å². The van der Waals surface area contributed by atoms with Gasteiger partial charge in [-0.1, -0.05) is 18.2 Å².